The first-order chi connectivity index (χ1) is 14.5. The number of carbonyl (C=O) groups is 4. The minimum atomic E-state index is -1.28. The molecule has 8 heteroatoms. The van der Waals surface area contributed by atoms with Crippen LogP contribution in [0.5, 0.6) is 5.75 Å². The predicted molar refractivity (Wildman–Crippen MR) is 109 cm³/mol. The molecule has 3 aliphatic rings. The molecule has 160 valence electrons. The molecule has 0 saturated heterocycles. The quantitative estimate of drug-likeness (QED) is 0.420. The van der Waals surface area contributed by atoms with Crippen molar-refractivity contribution in [3.63, 3.8) is 0 Å². The van der Waals surface area contributed by atoms with E-state index < -0.39 is 63.9 Å². The lowest BCUT2D eigenvalue weighted by atomic mass is 9.59. The van der Waals surface area contributed by atoms with Crippen molar-refractivity contribution in [1.29, 1.82) is 0 Å². The van der Waals surface area contributed by atoms with E-state index in [-0.39, 0.29) is 34.6 Å². The molecule has 0 fully saturated rings. The molecule has 4 atom stereocenters. The summed E-state index contributed by atoms with van der Waals surface area (Å²) in [7, 11) is 0. The molecule has 1 amide bonds. The zero-order chi connectivity index (χ0) is 22.9. The zero-order valence-corrected chi connectivity index (χ0v) is 16.9. The molecule has 0 spiro atoms. The molecule has 0 bridgehead atoms. The Bertz CT molecular complexity index is 1190. The second-order valence-electron chi connectivity index (χ2n) is 8.30. The number of fused-ring (bicyclic) bond motifs is 3. The molecule has 0 saturated carbocycles. The van der Waals surface area contributed by atoms with E-state index in [9.17, 15) is 34.5 Å². The molecule has 3 unspecified atom stereocenters. The van der Waals surface area contributed by atoms with Gasteiger partial charge in [0.15, 0.2) is 17.3 Å². The zero-order valence-electron chi connectivity index (χ0n) is 16.9. The maximum absolute atomic E-state index is 13.4. The summed E-state index contributed by atoms with van der Waals surface area (Å²) < 4.78 is 0. The largest absolute Gasteiger partial charge is 0.511 e. The number of benzene rings is 1. The fraction of sp³-hybridized carbons (Fsp3) is 0.304. The van der Waals surface area contributed by atoms with Gasteiger partial charge in [-0.3, -0.25) is 19.2 Å². The van der Waals surface area contributed by atoms with E-state index >= 15 is 0 Å². The first-order valence-corrected chi connectivity index (χ1v) is 9.79. The van der Waals surface area contributed by atoms with Gasteiger partial charge in [-0.1, -0.05) is 19.6 Å². The summed E-state index contributed by atoms with van der Waals surface area (Å²) in [5, 5.41) is 32.0. The van der Waals surface area contributed by atoms with Gasteiger partial charge in [-0.15, -0.1) is 0 Å². The van der Waals surface area contributed by atoms with Gasteiger partial charge in [0.25, 0.3) is 5.91 Å². The van der Waals surface area contributed by atoms with Crippen molar-refractivity contribution < 1.29 is 34.5 Å². The molecule has 4 rings (SSSR count). The van der Waals surface area contributed by atoms with Crippen molar-refractivity contribution in [2.45, 2.75) is 26.2 Å². The summed E-state index contributed by atoms with van der Waals surface area (Å²) in [6, 6.07) is 3.06. The Kier molecular flexibility index (Phi) is 4.43. The minimum absolute atomic E-state index is 0.0162. The van der Waals surface area contributed by atoms with Crippen LogP contribution in [0.4, 0.5) is 0 Å². The Morgan fingerprint density at radius 3 is 2.35 bits per heavy atom. The number of Topliss-reactive ketones (excluding diaryl/α,β-unsaturated/α-hetero) is 3. The number of primary amides is 1. The lowest BCUT2D eigenvalue weighted by Crippen LogP contribution is -2.45. The van der Waals surface area contributed by atoms with E-state index in [2.05, 4.69) is 6.58 Å². The SMILES string of the molecule is C=C1C(O)=C(C(N)=O)C(=O)C2C(O)=C3C(=O)c4c(ccc(C(C)=O)c4O)[C@H](C)C3CC12. The molecule has 1 aromatic rings. The Balaban J connectivity index is 1.94. The molecule has 0 heterocycles. The third-order valence-corrected chi connectivity index (χ3v) is 6.77. The van der Waals surface area contributed by atoms with E-state index in [4.69, 9.17) is 5.73 Å². The molecule has 3 aliphatic carbocycles. The summed E-state index contributed by atoms with van der Waals surface area (Å²) in [6.45, 7) is 6.87. The van der Waals surface area contributed by atoms with Gasteiger partial charge in [0.1, 0.15) is 22.8 Å². The molecule has 0 aromatic heterocycles. The van der Waals surface area contributed by atoms with Gasteiger partial charge in [0.2, 0.25) is 0 Å². The van der Waals surface area contributed by atoms with Crippen molar-refractivity contribution in [1.82, 2.24) is 0 Å². The number of aromatic hydroxyl groups is 1. The number of aliphatic hydroxyl groups excluding tert-OH is 2. The van der Waals surface area contributed by atoms with Gasteiger partial charge in [0.05, 0.1) is 17.0 Å². The van der Waals surface area contributed by atoms with Crippen LogP contribution in [0.2, 0.25) is 0 Å². The number of aliphatic hydroxyl groups is 2. The third kappa shape index (κ3) is 2.60. The van der Waals surface area contributed by atoms with Gasteiger partial charge in [0, 0.05) is 11.5 Å². The van der Waals surface area contributed by atoms with E-state index in [0.717, 1.165) is 0 Å². The van der Waals surface area contributed by atoms with E-state index in [1.165, 1.54) is 13.0 Å². The molecule has 8 nitrogen and oxygen atoms in total. The predicted octanol–water partition coefficient (Wildman–Crippen LogP) is 2.40. The van der Waals surface area contributed by atoms with Crippen LogP contribution in [-0.2, 0) is 9.59 Å². The second kappa shape index (κ2) is 6.66. The van der Waals surface area contributed by atoms with Gasteiger partial charge < -0.3 is 21.1 Å². The highest BCUT2D eigenvalue weighted by molar-refractivity contribution is 6.23. The van der Waals surface area contributed by atoms with E-state index in [1.807, 2.05) is 6.92 Å². The number of ketones is 3. The molecule has 1 aromatic carbocycles. The van der Waals surface area contributed by atoms with Gasteiger partial charge in [-0.2, -0.15) is 0 Å². The number of amides is 1. The van der Waals surface area contributed by atoms with Crippen LogP contribution in [0.25, 0.3) is 0 Å². The van der Waals surface area contributed by atoms with Crippen LogP contribution < -0.4 is 5.73 Å². The Morgan fingerprint density at radius 2 is 1.77 bits per heavy atom. The highest BCUT2D eigenvalue weighted by Crippen LogP contribution is 2.54. The van der Waals surface area contributed by atoms with E-state index in [0.29, 0.717) is 5.56 Å². The van der Waals surface area contributed by atoms with Gasteiger partial charge >= 0.3 is 0 Å². The maximum Gasteiger partial charge on any atom is 0.256 e. The smallest absolute Gasteiger partial charge is 0.256 e. The molecule has 5 N–H and O–H groups in total. The Labute approximate surface area is 177 Å². The van der Waals surface area contributed by atoms with Crippen molar-refractivity contribution in [2.24, 2.45) is 23.5 Å². The van der Waals surface area contributed by atoms with Gasteiger partial charge in [-0.25, -0.2) is 0 Å². The number of hydrogen-bond acceptors (Lipinski definition) is 7. The van der Waals surface area contributed by atoms with Gasteiger partial charge in [-0.05, 0) is 42.4 Å². The minimum Gasteiger partial charge on any atom is -0.511 e. The normalized spacial score (nSPS) is 27.6. The first kappa shape index (κ1) is 20.6. The van der Waals surface area contributed by atoms with Crippen molar-refractivity contribution >= 4 is 23.3 Å². The summed E-state index contributed by atoms with van der Waals surface area (Å²) in [4.78, 5) is 49.8. The van der Waals surface area contributed by atoms with Crippen molar-refractivity contribution in [3.05, 3.63) is 63.6 Å². The van der Waals surface area contributed by atoms with Crippen molar-refractivity contribution in [3.8, 4) is 5.75 Å². The first-order valence-electron chi connectivity index (χ1n) is 9.79. The lowest BCUT2D eigenvalue weighted by molar-refractivity contribution is -0.125. The highest BCUT2D eigenvalue weighted by atomic mass is 16.3. The standard InChI is InChI=1S/C23H21NO7/c1-7-10-4-5-11(9(3)25)19(27)14(10)20(28)15-12(7)6-13-8(2)18(26)17(23(24)31)22(30)16(13)21(15)29/h4-5,7,12-13,16,26-27,29H,2,6H2,1,3H3,(H2,24,31)/t7-,12?,13?,16?/m0/s1. The monoisotopic (exact) mass is 423 g/mol. The van der Waals surface area contributed by atoms with Crippen LogP contribution in [0, 0.1) is 17.8 Å². The number of hydrogen-bond donors (Lipinski definition) is 4. The summed E-state index contributed by atoms with van der Waals surface area (Å²) in [6.07, 6.45) is 0.215. The fourth-order valence-corrected chi connectivity index (χ4v) is 5.17. The molecular formula is C23H21NO7. The molecule has 0 aliphatic heterocycles. The van der Waals surface area contributed by atoms with Crippen LogP contribution in [-0.4, -0.2) is 38.6 Å². The average Bonchev–Trinajstić information content (AvgIpc) is 2.68. The van der Waals surface area contributed by atoms with E-state index in [1.54, 1.807) is 6.07 Å². The molecule has 0 radical (unpaired) electrons. The van der Waals surface area contributed by atoms with Crippen LogP contribution in [0.1, 0.15) is 52.5 Å². The summed E-state index contributed by atoms with van der Waals surface area (Å²) in [5.74, 6) is -7.55. The Hall–Kier alpha value is -3.68. The Morgan fingerprint density at radius 1 is 1.13 bits per heavy atom. The van der Waals surface area contributed by atoms with Crippen molar-refractivity contribution in [2.75, 3.05) is 0 Å². The molecular weight excluding hydrogens is 402 g/mol. The fourth-order valence-electron chi connectivity index (χ4n) is 5.17. The second-order valence-corrected chi connectivity index (χ2v) is 8.30. The highest BCUT2D eigenvalue weighted by Gasteiger charge is 2.53. The number of carbonyl (C=O) groups excluding carboxylic acids is 4. The summed E-state index contributed by atoms with van der Waals surface area (Å²) in [5.41, 5.74) is 5.08. The summed E-state index contributed by atoms with van der Waals surface area (Å²) >= 11 is 0. The number of phenols is 1. The number of rotatable bonds is 2. The number of allylic oxidation sites excluding steroid dienone is 3. The van der Waals surface area contributed by atoms with Crippen LogP contribution in [0.15, 0.2) is 46.9 Å². The number of phenolic OH excluding ortho intramolecular Hbond substituents is 1. The maximum atomic E-state index is 13.4. The topological polar surface area (TPSA) is 155 Å². The molecule has 31 heavy (non-hydrogen) atoms. The average molecular weight is 423 g/mol. The lowest BCUT2D eigenvalue weighted by Gasteiger charge is -2.44. The third-order valence-electron chi connectivity index (χ3n) is 6.77. The number of nitrogens with two attached hydrogens (primary N) is 1. The van der Waals surface area contributed by atoms with Crippen LogP contribution >= 0.6 is 0 Å². The van der Waals surface area contributed by atoms with Crippen LogP contribution in [0.3, 0.4) is 0 Å².